The van der Waals surface area contributed by atoms with E-state index in [0.29, 0.717) is 11.6 Å². The predicted octanol–water partition coefficient (Wildman–Crippen LogP) is 2.86. The van der Waals surface area contributed by atoms with Crippen molar-refractivity contribution in [3.8, 4) is 0 Å². The molecule has 0 unspecified atom stereocenters. The Balaban J connectivity index is 1.76. The number of hydrogen-bond donors (Lipinski definition) is 0. The molecule has 0 radical (unpaired) electrons. The van der Waals surface area contributed by atoms with Crippen molar-refractivity contribution in [2.24, 2.45) is 0 Å². The molecule has 1 amide bonds. The van der Waals surface area contributed by atoms with Gasteiger partial charge in [0, 0.05) is 38.1 Å². The van der Waals surface area contributed by atoms with Crippen LogP contribution >= 0.6 is 0 Å². The van der Waals surface area contributed by atoms with E-state index in [9.17, 15) is 26.4 Å². The molecule has 10 heteroatoms. The lowest BCUT2D eigenvalue weighted by Crippen LogP contribution is -2.50. The van der Waals surface area contributed by atoms with Crippen molar-refractivity contribution in [1.29, 1.82) is 0 Å². The van der Waals surface area contributed by atoms with Crippen LogP contribution in [0.1, 0.15) is 27.2 Å². The number of aryl methyl sites for hydroxylation is 2. The molecule has 0 saturated carbocycles. The van der Waals surface area contributed by atoms with Gasteiger partial charge < -0.3 is 4.90 Å². The number of carbonyl (C=O) groups excluding carboxylic acids is 1. The third-order valence-electron chi connectivity index (χ3n) is 4.82. The summed E-state index contributed by atoms with van der Waals surface area (Å²) in [5, 5.41) is 0. The zero-order valence-electron chi connectivity index (χ0n) is 15.9. The van der Waals surface area contributed by atoms with Crippen LogP contribution in [0.5, 0.6) is 0 Å². The van der Waals surface area contributed by atoms with E-state index in [1.807, 2.05) is 0 Å². The number of pyridine rings is 1. The van der Waals surface area contributed by atoms with Gasteiger partial charge in [0.2, 0.25) is 10.0 Å². The van der Waals surface area contributed by atoms with E-state index in [1.165, 1.54) is 18.0 Å². The molecule has 3 rings (SSSR count). The standard InChI is InChI=1S/C19H20F3N3O3S/c1-13-3-6-16(19(20,21)22)11-17(13)29(27,28)25-9-7-24(8-10-25)18(26)15-5-4-14(2)23-12-15/h3-6,11-12H,7-10H2,1-2H3. The quantitative estimate of drug-likeness (QED) is 0.755. The summed E-state index contributed by atoms with van der Waals surface area (Å²) in [5.74, 6) is -0.259. The van der Waals surface area contributed by atoms with Crippen LogP contribution in [0, 0.1) is 13.8 Å². The number of rotatable bonds is 3. The van der Waals surface area contributed by atoms with Gasteiger partial charge in [0.15, 0.2) is 0 Å². The molecule has 1 saturated heterocycles. The molecule has 0 N–H and O–H groups in total. The first kappa shape index (κ1) is 21.3. The SMILES string of the molecule is Cc1ccc(C(=O)N2CCN(S(=O)(=O)c3cc(C(F)(F)F)ccc3C)CC2)cn1. The number of carbonyl (C=O) groups is 1. The van der Waals surface area contributed by atoms with E-state index >= 15 is 0 Å². The molecule has 6 nitrogen and oxygen atoms in total. The van der Waals surface area contributed by atoms with Crippen molar-refractivity contribution in [2.75, 3.05) is 26.2 Å². The lowest BCUT2D eigenvalue weighted by atomic mass is 10.1. The first-order valence-corrected chi connectivity index (χ1v) is 10.3. The minimum atomic E-state index is -4.63. The number of piperazine rings is 1. The monoisotopic (exact) mass is 427 g/mol. The van der Waals surface area contributed by atoms with Gasteiger partial charge in [-0.1, -0.05) is 6.07 Å². The Kier molecular flexibility index (Phi) is 5.68. The number of nitrogens with zero attached hydrogens (tertiary/aromatic N) is 3. The number of sulfonamides is 1. The van der Waals surface area contributed by atoms with E-state index in [2.05, 4.69) is 4.98 Å². The Bertz CT molecular complexity index is 1010. The van der Waals surface area contributed by atoms with Crippen LogP contribution in [0.15, 0.2) is 41.4 Å². The van der Waals surface area contributed by atoms with Crippen LogP contribution in [0.25, 0.3) is 0 Å². The van der Waals surface area contributed by atoms with E-state index in [-0.39, 0.29) is 42.5 Å². The highest BCUT2D eigenvalue weighted by Gasteiger charge is 2.35. The maximum absolute atomic E-state index is 13.0. The molecule has 2 aromatic rings. The van der Waals surface area contributed by atoms with Crippen molar-refractivity contribution in [1.82, 2.24) is 14.2 Å². The maximum atomic E-state index is 13.0. The first-order valence-electron chi connectivity index (χ1n) is 8.90. The molecule has 156 valence electrons. The van der Waals surface area contributed by atoms with Crippen LogP contribution in [0.2, 0.25) is 0 Å². The van der Waals surface area contributed by atoms with Gasteiger partial charge in [-0.25, -0.2) is 8.42 Å². The van der Waals surface area contributed by atoms with Gasteiger partial charge in [0.05, 0.1) is 16.0 Å². The van der Waals surface area contributed by atoms with Crippen LogP contribution in [-0.2, 0) is 16.2 Å². The predicted molar refractivity (Wildman–Crippen MR) is 99.8 cm³/mol. The van der Waals surface area contributed by atoms with Gasteiger partial charge in [-0.05, 0) is 43.7 Å². The molecule has 0 aliphatic carbocycles. The number of hydrogen-bond acceptors (Lipinski definition) is 4. The maximum Gasteiger partial charge on any atom is 0.416 e. The molecule has 29 heavy (non-hydrogen) atoms. The average molecular weight is 427 g/mol. The highest BCUT2D eigenvalue weighted by molar-refractivity contribution is 7.89. The lowest BCUT2D eigenvalue weighted by molar-refractivity contribution is -0.137. The summed E-state index contributed by atoms with van der Waals surface area (Å²) < 4.78 is 65.9. The van der Waals surface area contributed by atoms with Crippen LogP contribution in [-0.4, -0.2) is 54.7 Å². The number of benzene rings is 1. The topological polar surface area (TPSA) is 70.6 Å². The van der Waals surface area contributed by atoms with E-state index in [1.54, 1.807) is 19.1 Å². The van der Waals surface area contributed by atoms with Gasteiger partial charge in [-0.2, -0.15) is 17.5 Å². The first-order chi connectivity index (χ1) is 13.5. The number of halogens is 3. The van der Waals surface area contributed by atoms with Gasteiger partial charge in [0.1, 0.15) is 0 Å². The largest absolute Gasteiger partial charge is 0.416 e. The third kappa shape index (κ3) is 4.43. The summed E-state index contributed by atoms with van der Waals surface area (Å²) >= 11 is 0. The Labute approximate surface area is 167 Å². The Morgan fingerprint density at radius 1 is 1.03 bits per heavy atom. The van der Waals surface area contributed by atoms with E-state index < -0.39 is 21.8 Å². The smallest absolute Gasteiger partial charge is 0.336 e. The fourth-order valence-corrected chi connectivity index (χ4v) is 4.77. The molecule has 1 fully saturated rings. The fourth-order valence-electron chi connectivity index (χ4n) is 3.10. The number of aromatic nitrogens is 1. The summed E-state index contributed by atoms with van der Waals surface area (Å²) in [4.78, 5) is 17.8. The van der Waals surface area contributed by atoms with Gasteiger partial charge >= 0.3 is 6.18 Å². The van der Waals surface area contributed by atoms with Crippen molar-refractivity contribution in [3.05, 3.63) is 58.9 Å². The summed E-state index contributed by atoms with van der Waals surface area (Å²) in [7, 11) is -4.11. The molecule has 0 atom stereocenters. The highest BCUT2D eigenvalue weighted by Crippen LogP contribution is 2.32. The molecule has 2 heterocycles. The zero-order valence-corrected chi connectivity index (χ0v) is 16.7. The van der Waals surface area contributed by atoms with Gasteiger partial charge in [0.25, 0.3) is 5.91 Å². The summed E-state index contributed by atoms with van der Waals surface area (Å²) in [6.45, 7) is 3.55. The summed E-state index contributed by atoms with van der Waals surface area (Å²) in [6, 6.07) is 6.05. The minimum Gasteiger partial charge on any atom is -0.336 e. The lowest BCUT2D eigenvalue weighted by Gasteiger charge is -2.34. The normalized spacial score (nSPS) is 16.1. The Morgan fingerprint density at radius 3 is 2.24 bits per heavy atom. The zero-order chi connectivity index (χ0) is 21.4. The molecule has 1 aromatic heterocycles. The molecular formula is C19H20F3N3O3S. The second-order valence-electron chi connectivity index (χ2n) is 6.86. The van der Waals surface area contributed by atoms with Crippen molar-refractivity contribution < 1.29 is 26.4 Å². The Morgan fingerprint density at radius 2 is 1.69 bits per heavy atom. The third-order valence-corrected chi connectivity index (χ3v) is 6.86. The average Bonchev–Trinajstić information content (AvgIpc) is 2.67. The fraction of sp³-hybridized carbons (Fsp3) is 0.368. The van der Waals surface area contributed by atoms with E-state index in [0.717, 1.165) is 22.1 Å². The second kappa shape index (κ2) is 7.75. The van der Waals surface area contributed by atoms with Crippen molar-refractivity contribution in [3.63, 3.8) is 0 Å². The van der Waals surface area contributed by atoms with Gasteiger partial charge in [-0.3, -0.25) is 9.78 Å². The summed E-state index contributed by atoms with van der Waals surface area (Å²) in [5.41, 5.74) is 0.402. The molecule has 1 aliphatic heterocycles. The summed E-state index contributed by atoms with van der Waals surface area (Å²) in [6.07, 6.45) is -3.17. The molecule has 1 aliphatic rings. The van der Waals surface area contributed by atoms with Crippen LogP contribution in [0.3, 0.4) is 0 Å². The van der Waals surface area contributed by atoms with E-state index in [4.69, 9.17) is 0 Å². The number of alkyl halides is 3. The van der Waals surface area contributed by atoms with Gasteiger partial charge in [-0.15, -0.1) is 0 Å². The molecule has 0 spiro atoms. The molecular weight excluding hydrogens is 407 g/mol. The highest BCUT2D eigenvalue weighted by atomic mass is 32.2. The number of amides is 1. The minimum absolute atomic E-state index is 0.00302. The molecule has 1 aromatic carbocycles. The second-order valence-corrected chi connectivity index (χ2v) is 8.77. The van der Waals surface area contributed by atoms with Crippen LogP contribution in [0.4, 0.5) is 13.2 Å². The molecule has 0 bridgehead atoms. The Hall–Kier alpha value is -2.46. The van der Waals surface area contributed by atoms with Crippen molar-refractivity contribution >= 4 is 15.9 Å². The van der Waals surface area contributed by atoms with Crippen molar-refractivity contribution in [2.45, 2.75) is 24.9 Å². The van der Waals surface area contributed by atoms with Crippen LogP contribution < -0.4 is 0 Å².